The zero-order valence-corrected chi connectivity index (χ0v) is 12.4. The molecule has 20 heavy (non-hydrogen) atoms. The van der Waals surface area contributed by atoms with Crippen LogP contribution in [0.3, 0.4) is 0 Å². The van der Waals surface area contributed by atoms with E-state index < -0.39 is 10.7 Å². The summed E-state index contributed by atoms with van der Waals surface area (Å²) in [4.78, 5) is 10.4. The van der Waals surface area contributed by atoms with Gasteiger partial charge in [-0.1, -0.05) is 11.6 Å². The molecule has 108 valence electrons. The first-order chi connectivity index (χ1) is 9.58. The Morgan fingerprint density at radius 3 is 2.95 bits per heavy atom. The van der Waals surface area contributed by atoms with Crippen LogP contribution in [0.2, 0.25) is 0 Å². The molecule has 0 radical (unpaired) electrons. The highest BCUT2D eigenvalue weighted by Gasteiger charge is 2.17. The van der Waals surface area contributed by atoms with E-state index in [-0.39, 0.29) is 15.8 Å². The molecular formula is C13H15BrFN3O2. The number of nitro benzene ring substituents is 1. The maximum absolute atomic E-state index is 13.5. The number of benzene rings is 1. The highest BCUT2D eigenvalue weighted by Crippen LogP contribution is 2.30. The lowest BCUT2D eigenvalue weighted by molar-refractivity contribution is -0.384. The van der Waals surface area contributed by atoms with E-state index in [0.717, 1.165) is 32.0 Å². The van der Waals surface area contributed by atoms with E-state index in [1.807, 2.05) is 0 Å². The van der Waals surface area contributed by atoms with Crippen molar-refractivity contribution in [2.75, 3.05) is 25.0 Å². The quantitative estimate of drug-likeness (QED) is 0.489. The van der Waals surface area contributed by atoms with E-state index >= 15 is 0 Å². The number of hydrogen-bond acceptors (Lipinski definition) is 4. The SMILES string of the molecule is O=[N+]([O-])c1cc(Br)c(F)cc1NCCC1=CCNCC1. The zero-order chi connectivity index (χ0) is 14.5. The summed E-state index contributed by atoms with van der Waals surface area (Å²) in [5.41, 5.74) is 1.40. The largest absolute Gasteiger partial charge is 0.379 e. The van der Waals surface area contributed by atoms with Crippen LogP contribution in [-0.2, 0) is 0 Å². The van der Waals surface area contributed by atoms with E-state index in [9.17, 15) is 14.5 Å². The molecule has 0 aliphatic carbocycles. The summed E-state index contributed by atoms with van der Waals surface area (Å²) < 4.78 is 13.6. The normalized spacial score (nSPS) is 14.8. The molecule has 0 fully saturated rings. The summed E-state index contributed by atoms with van der Waals surface area (Å²) in [7, 11) is 0. The summed E-state index contributed by atoms with van der Waals surface area (Å²) in [6.07, 6.45) is 3.91. The van der Waals surface area contributed by atoms with Gasteiger partial charge >= 0.3 is 0 Å². The smallest absolute Gasteiger partial charge is 0.293 e. The minimum Gasteiger partial charge on any atom is -0.379 e. The number of nitro groups is 1. The van der Waals surface area contributed by atoms with Crippen molar-refractivity contribution in [2.45, 2.75) is 12.8 Å². The van der Waals surface area contributed by atoms with Gasteiger partial charge < -0.3 is 10.6 Å². The van der Waals surface area contributed by atoms with Crippen molar-refractivity contribution in [2.24, 2.45) is 0 Å². The molecule has 1 aromatic rings. The van der Waals surface area contributed by atoms with Gasteiger partial charge in [-0.25, -0.2) is 4.39 Å². The lowest BCUT2D eigenvalue weighted by Crippen LogP contribution is -2.21. The van der Waals surface area contributed by atoms with Crippen molar-refractivity contribution < 1.29 is 9.31 Å². The summed E-state index contributed by atoms with van der Waals surface area (Å²) >= 11 is 2.96. The highest BCUT2D eigenvalue weighted by molar-refractivity contribution is 9.10. The molecule has 0 bridgehead atoms. The molecule has 0 saturated heterocycles. The average Bonchev–Trinajstić information content (AvgIpc) is 2.43. The second-order valence-electron chi connectivity index (χ2n) is 4.53. The Kier molecular flexibility index (Phi) is 5.08. The van der Waals surface area contributed by atoms with Gasteiger partial charge in [0.05, 0.1) is 9.40 Å². The molecule has 2 rings (SSSR count). The van der Waals surface area contributed by atoms with Gasteiger partial charge in [-0.2, -0.15) is 0 Å². The van der Waals surface area contributed by atoms with Gasteiger partial charge in [0, 0.05) is 25.2 Å². The Morgan fingerprint density at radius 1 is 1.50 bits per heavy atom. The number of anilines is 1. The molecule has 7 heteroatoms. The third-order valence-electron chi connectivity index (χ3n) is 3.15. The topological polar surface area (TPSA) is 67.2 Å². The third kappa shape index (κ3) is 3.77. The van der Waals surface area contributed by atoms with Crippen LogP contribution in [0.1, 0.15) is 12.8 Å². The molecule has 1 aliphatic heterocycles. The first kappa shape index (κ1) is 14.9. The van der Waals surface area contributed by atoms with Crippen molar-refractivity contribution >= 4 is 27.3 Å². The maximum Gasteiger partial charge on any atom is 0.293 e. The van der Waals surface area contributed by atoms with E-state index in [0.29, 0.717) is 6.54 Å². The van der Waals surface area contributed by atoms with Gasteiger partial charge in [-0.3, -0.25) is 10.1 Å². The second kappa shape index (κ2) is 6.81. The van der Waals surface area contributed by atoms with Crippen molar-refractivity contribution in [3.63, 3.8) is 0 Å². The third-order valence-corrected chi connectivity index (χ3v) is 3.76. The molecule has 0 saturated carbocycles. The number of hydrogen-bond donors (Lipinski definition) is 2. The summed E-state index contributed by atoms with van der Waals surface area (Å²) in [5, 5.41) is 17.1. The molecule has 2 N–H and O–H groups in total. The fourth-order valence-corrected chi connectivity index (χ4v) is 2.41. The van der Waals surface area contributed by atoms with Crippen molar-refractivity contribution in [3.05, 3.63) is 44.2 Å². The monoisotopic (exact) mass is 343 g/mol. The van der Waals surface area contributed by atoms with E-state index in [2.05, 4.69) is 32.6 Å². The number of halogens is 2. The van der Waals surface area contributed by atoms with Crippen LogP contribution in [-0.4, -0.2) is 24.6 Å². The van der Waals surface area contributed by atoms with Crippen LogP contribution in [0.25, 0.3) is 0 Å². The fraction of sp³-hybridized carbons (Fsp3) is 0.385. The van der Waals surface area contributed by atoms with Crippen molar-refractivity contribution in [1.29, 1.82) is 0 Å². The maximum atomic E-state index is 13.5. The van der Waals surface area contributed by atoms with Crippen LogP contribution < -0.4 is 10.6 Å². The van der Waals surface area contributed by atoms with Crippen LogP contribution in [0.15, 0.2) is 28.3 Å². The Bertz CT molecular complexity index is 549. The highest BCUT2D eigenvalue weighted by atomic mass is 79.9. The predicted molar refractivity (Wildman–Crippen MR) is 79.4 cm³/mol. The molecule has 1 aromatic carbocycles. The van der Waals surface area contributed by atoms with E-state index in [1.165, 1.54) is 11.6 Å². The first-order valence-corrected chi connectivity index (χ1v) is 7.13. The van der Waals surface area contributed by atoms with Gasteiger partial charge in [-0.05, 0) is 35.3 Å². The minimum atomic E-state index is -0.518. The molecule has 0 aromatic heterocycles. The molecule has 5 nitrogen and oxygen atoms in total. The standard InChI is InChI=1S/C13H15BrFN3O2/c14-10-7-13(18(19)20)12(8-11(10)15)17-6-3-9-1-4-16-5-2-9/h1,7-8,16-17H,2-6H2. The van der Waals surface area contributed by atoms with Gasteiger partial charge in [0.15, 0.2) is 0 Å². The Morgan fingerprint density at radius 2 is 2.30 bits per heavy atom. The Hall–Kier alpha value is -1.47. The Labute approximate surface area is 124 Å². The zero-order valence-electron chi connectivity index (χ0n) is 10.8. The molecule has 0 atom stereocenters. The summed E-state index contributed by atoms with van der Waals surface area (Å²) in [6, 6.07) is 2.33. The van der Waals surface area contributed by atoms with Crippen LogP contribution in [0.4, 0.5) is 15.8 Å². The van der Waals surface area contributed by atoms with Gasteiger partial charge in [-0.15, -0.1) is 0 Å². The van der Waals surface area contributed by atoms with Crippen molar-refractivity contribution in [3.8, 4) is 0 Å². The molecular weight excluding hydrogens is 329 g/mol. The van der Waals surface area contributed by atoms with Gasteiger partial charge in [0.1, 0.15) is 11.5 Å². The fourth-order valence-electron chi connectivity index (χ4n) is 2.08. The number of nitrogens with one attached hydrogen (secondary N) is 2. The summed E-state index contributed by atoms with van der Waals surface area (Å²) in [5.74, 6) is -0.515. The second-order valence-corrected chi connectivity index (χ2v) is 5.39. The molecule has 1 heterocycles. The predicted octanol–water partition coefficient (Wildman–Crippen LogP) is 3.22. The summed E-state index contributed by atoms with van der Waals surface area (Å²) in [6.45, 7) is 2.37. The molecule has 0 amide bonds. The number of nitrogens with zero attached hydrogens (tertiary/aromatic N) is 1. The van der Waals surface area contributed by atoms with Gasteiger partial charge in [0.25, 0.3) is 5.69 Å². The lowest BCUT2D eigenvalue weighted by atomic mass is 10.1. The lowest BCUT2D eigenvalue weighted by Gasteiger charge is -2.14. The Balaban J connectivity index is 2.03. The number of rotatable bonds is 5. The van der Waals surface area contributed by atoms with E-state index in [4.69, 9.17) is 0 Å². The van der Waals surface area contributed by atoms with E-state index in [1.54, 1.807) is 0 Å². The first-order valence-electron chi connectivity index (χ1n) is 6.34. The molecule has 1 aliphatic rings. The molecule has 0 unspecified atom stereocenters. The van der Waals surface area contributed by atoms with Crippen LogP contribution in [0.5, 0.6) is 0 Å². The average molecular weight is 344 g/mol. The minimum absolute atomic E-state index is 0.0933. The molecule has 0 spiro atoms. The van der Waals surface area contributed by atoms with Crippen LogP contribution in [0, 0.1) is 15.9 Å². The van der Waals surface area contributed by atoms with Crippen LogP contribution >= 0.6 is 15.9 Å². The van der Waals surface area contributed by atoms with Crippen molar-refractivity contribution in [1.82, 2.24) is 5.32 Å². The van der Waals surface area contributed by atoms with Gasteiger partial charge in [0.2, 0.25) is 0 Å².